The summed E-state index contributed by atoms with van der Waals surface area (Å²) in [6.07, 6.45) is 2.03. The zero-order chi connectivity index (χ0) is 22.2. The first-order valence-corrected chi connectivity index (χ1v) is 10.3. The van der Waals surface area contributed by atoms with Crippen molar-refractivity contribution in [2.45, 2.75) is 32.1 Å². The molecule has 0 aromatic heterocycles. The van der Waals surface area contributed by atoms with Gasteiger partial charge in [-0.25, -0.2) is 0 Å². The lowest BCUT2D eigenvalue weighted by Gasteiger charge is -2.25. The molecular weight excluding hydrogens is 430 g/mol. The minimum atomic E-state index is -2.97. The first-order chi connectivity index (χ1) is 14.9. The van der Waals surface area contributed by atoms with Crippen LogP contribution in [0.1, 0.15) is 18.4 Å². The van der Waals surface area contributed by atoms with Crippen LogP contribution in [0.15, 0.2) is 42.5 Å². The summed E-state index contributed by atoms with van der Waals surface area (Å²) in [5.41, 5.74) is 1.36. The van der Waals surface area contributed by atoms with E-state index in [-0.39, 0.29) is 29.3 Å². The fourth-order valence-corrected chi connectivity index (χ4v) is 3.73. The van der Waals surface area contributed by atoms with Gasteiger partial charge >= 0.3 is 6.61 Å². The number of nitrogens with one attached hydrogen (secondary N) is 1. The average molecular weight is 455 g/mol. The van der Waals surface area contributed by atoms with Gasteiger partial charge in [-0.1, -0.05) is 29.8 Å². The minimum Gasteiger partial charge on any atom is -0.496 e. The number of hydrogen-bond acceptors (Lipinski definition) is 5. The number of para-hydroxylation sites is 1. The standard InChI is InChI=1S/C22H25ClF2N2O4/c1-29-19-7-3-2-5-15(19)12-27(13-17-6-4-10-30-17)14-21(28)26-16-8-9-20(18(23)11-16)31-22(24)25/h2-3,5,7-9,11,17,22H,4,6,10,12-14H2,1H3,(H,26,28). The number of amides is 1. The summed E-state index contributed by atoms with van der Waals surface area (Å²) < 4.78 is 40.3. The Morgan fingerprint density at radius 2 is 2.10 bits per heavy atom. The number of anilines is 1. The molecule has 168 valence electrons. The van der Waals surface area contributed by atoms with Crippen molar-refractivity contribution in [2.24, 2.45) is 0 Å². The maximum absolute atomic E-state index is 12.7. The monoisotopic (exact) mass is 454 g/mol. The van der Waals surface area contributed by atoms with Gasteiger partial charge in [0.2, 0.25) is 5.91 Å². The summed E-state index contributed by atoms with van der Waals surface area (Å²) >= 11 is 5.97. The molecule has 1 fully saturated rings. The first kappa shape index (κ1) is 23.2. The van der Waals surface area contributed by atoms with Gasteiger partial charge in [0.25, 0.3) is 0 Å². The molecule has 0 aliphatic carbocycles. The highest BCUT2D eigenvalue weighted by Crippen LogP contribution is 2.29. The summed E-state index contributed by atoms with van der Waals surface area (Å²) in [6.45, 7) is -1.01. The average Bonchev–Trinajstić information content (AvgIpc) is 3.23. The van der Waals surface area contributed by atoms with Gasteiger partial charge in [-0.3, -0.25) is 9.69 Å². The summed E-state index contributed by atoms with van der Waals surface area (Å²) in [5.74, 6) is 0.346. The summed E-state index contributed by atoms with van der Waals surface area (Å²) in [6, 6.07) is 11.8. The molecular formula is C22H25ClF2N2O4. The summed E-state index contributed by atoms with van der Waals surface area (Å²) in [5, 5.41) is 2.74. The second-order valence-electron chi connectivity index (χ2n) is 7.19. The third kappa shape index (κ3) is 7.05. The van der Waals surface area contributed by atoms with Gasteiger partial charge in [0.15, 0.2) is 0 Å². The van der Waals surface area contributed by atoms with Crippen molar-refractivity contribution >= 4 is 23.2 Å². The molecule has 0 radical (unpaired) electrons. The van der Waals surface area contributed by atoms with Crippen LogP contribution in [0.4, 0.5) is 14.5 Å². The molecule has 0 saturated carbocycles. The summed E-state index contributed by atoms with van der Waals surface area (Å²) in [4.78, 5) is 14.7. The van der Waals surface area contributed by atoms with Crippen LogP contribution in [0.25, 0.3) is 0 Å². The molecule has 2 aromatic carbocycles. The number of nitrogens with zero attached hydrogens (tertiary/aromatic N) is 1. The Labute approximate surface area is 185 Å². The van der Waals surface area contributed by atoms with Crippen LogP contribution in [0.5, 0.6) is 11.5 Å². The van der Waals surface area contributed by atoms with E-state index in [0.717, 1.165) is 30.8 Å². The summed E-state index contributed by atoms with van der Waals surface area (Å²) in [7, 11) is 1.61. The number of hydrogen-bond donors (Lipinski definition) is 1. The highest BCUT2D eigenvalue weighted by Gasteiger charge is 2.22. The third-order valence-electron chi connectivity index (χ3n) is 4.87. The molecule has 1 unspecified atom stereocenters. The Bertz CT molecular complexity index is 878. The lowest BCUT2D eigenvalue weighted by Crippen LogP contribution is -2.38. The van der Waals surface area contributed by atoms with E-state index in [4.69, 9.17) is 21.1 Å². The molecule has 3 rings (SSSR count). The fraction of sp³-hybridized carbons (Fsp3) is 0.409. The predicted octanol–water partition coefficient (Wildman–Crippen LogP) is 4.57. The van der Waals surface area contributed by atoms with Crippen LogP contribution < -0.4 is 14.8 Å². The molecule has 6 nitrogen and oxygen atoms in total. The highest BCUT2D eigenvalue weighted by molar-refractivity contribution is 6.32. The van der Waals surface area contributed by atoms with E-state index in [1.54, 1.807) is 7.11 Å². The second-order valence-corrected chi connectivity index (χ2v) is 7.60. The van der Waals surface area contributed by atoms with Crippen LogP contribution >= 0.6 is 11.6 Å². The number of alkyl halides is 2. The van der Waals surface area contributed by atoms with E-state index in [1.807, 2.05) is 29.2 Å². The largest absolute Gasteiger partial charge is 0.496 e. The molecule has 1 heterocycles. The molecule has 1 aliphatic heterocycles. The molecule has 1 atom stereocenters. The molecule has 1 N–H and O–H groups in total. The topological polar surface area (TPSA) is 60.0 Å². The maximum Gasteiger partial charge on any atom is 0.387 e. The Hall–Kier alpha value is -2.42. The number of carbonyl (C=O) groups is 1. The molecule has 31 heavy (non-hydrogen) atoms. The molecule has 9 heteroatoms. The van der Waals surface area contributed by atoms with Crippen molar-refractivity contribution in [2.75, 3.05) is 32.1 Å². The van der Waals surface area contributed by atoms with Gasteiger partial charge in [-0.15, -0.1) is 0 Å². The number of benzene rings is 2. The Kier molecular flexibility index (Phi) is 8.45. The number of rotatable bonds is 10. The quantitative estimate of drug-likeness (QED) is 0.570. The zero-order valence-electron chi connectivity index (χ0n) is 17.2. The van der Waals surface area contributed by atoms with E-state index in [2.05, 4.69) is 10.1 Å². The van der Waals surface area contributed by atoms with Crippen LogP contribution in [0.2, 0.25) is 5.02 Å². The van der Waals surface area contributed by atoms with E-state index >= 15 is 0 Å². The van der Waals surface area contributed by atoms with Gasteiger partial charge in [0.1, 0.15) is 11.5 Å². The molecule has 1 saturated heterocycles. The van der Waals surface area contributed by atoms with Crippen molar-refractivity contribution in [3.63, 3.8) is 0 Å². The lowest BCUT2D eigenvalue weighted by molar-refractivity contribution is -0.117. The van der Waals surface area contributed by atoms with E-state index in [0.29, 0.717) is 18.8 Å². The molecule has 0 bridgehead atoms. The van der Waals surface area contributed by atoms with E-state index in [1.165, 1.54) is 18.2 Å². The Balaban J connectivity index is 1.66. The van der Waals surface area contributed by atoms with Gasteiger partial charge in [-0.05, 0) is 37.1 Å². The van der Waals surface area contributed by atoms with Crippen LogP contribution in [0.3, 0.4) is 0 Å². The minimum absolute atomic E-state index is 0.0108. The molecule has 0 spiro atoms. The van der Waals surface area contributed by atoms with E-state index in [9.17, 15) is 13.6 Å². The van der Waals surface area contributed by atoms with Crippen molar-refractivity contribution in [1.82, 2.24) is 4.90 Å². The van der Waals surface area contributed by atoms with Crippen molar-refractivity contribution in [3.8, 4) is 11.5 Å². The van der Waals surface area contributed by atoms with Crippen LogP contribution in [-0.2, 0) is 16.1 Å². The van der Waals surface area contributed by atoms with Crippen LogP contribution in [-0.4, -0.2) is 50.3 Å². The molecule has 1 amide bonds. The Morgan fingerprint density at radius 1 is 1.29 bits per heavy atom. The number of ether oxygens (including phenoxy) is 3. The smallest absolute Gasteiger partial charge is 0.387 e. The SMILES string of the molecule is COc1ccccc1CN(CC(=O)Nc1ccc(OC(F)F)c(Cl)c1)CC1CCCO1. The zero-order valence-corrected chi connectivity index (χ0v) is 17.9. The maximum atomic E-state index is 12.7. The first-order valence-electron chi connectivity index (χ1n) is 9.94. The van der Waals surface area contributed by atoms with Gasteiger partial charge in [0.05, 0.1) is 24.8 Å². The molecule has 1 aliphatic rings. The normalized spacial score (nSPS) is 16.0. The second kappa shape index (κ2) is 11.3. The predicted molar refractivity (Wildman–Crippen MR) is 114 cm³/mol. The third-order valence-corrected chi connectivity index (χ3v) is 5.17. The Morgan fingerprint density at radius 3 is 2.77 bits per heavy atom. The lowest BCUT2D eigenvalue weighted by atomic mass is 10.1. The molecule has 2 aromatic rings. The van der Waals surface area contributed by atoms with Gasteiger partial charge in [0, 0.05) is 30.9 Å². The van der Waals surface area contributed by atoms with Gasteiger partial charge in [-0.2, -0.15) is 8.78 Å². The van der Waals surface area contributed by atoms with Crippen molar-refractivity contribution in [3.05, 3.63) is 53.1 Å². The van der Waals surface area contributed by atoms with Crippen LogP contribution in [0, 0.1) is 0 Å². The van der Waals surface area contributed by atoms with Crippen molar-refractivity contribution < 1.29 is 27.8 Å². The number of halogens is 3. The number of carbonyl (C=O) groups excluding carboxylic acids is 1. The van der Waals surface area contributed by atoms with Crippen molar-refractivity contribution in [1.29, 1.82) is 0 Å². The number of methoxy groups -OCH3 is 1. The highest BCUT2D eigenvalue weighted by atomic mass is 35.5. The van der Waals surface area contributed by atoms with E-state index < -0.39 is 6.61 Å². The fourth-order valence-electron chi connectivity index (χ4n) is 3.51. The van der Waals surface area contributed by atoms with Gasteiger partial charge < -0.3 is 19.5 Å².